The molecule has 0 aliphatic carbocycles. The maximum absolute atomic E-state index is 11.8. The van der Waals surface area contributed by atoms with Crippen LogP contribution < -0.4 is 9.64 Å². The smallest absolute Gasteiger partial charge is 0.338 e. The minimum Gasteiger partial charge on any atom is -0.494 e. The summed E-state index contributed by atoms with van der Waals surface area (Å²) in [6.07, 6.45) is 7.50. The lowest BCUT2D eigenvalue weighted by Crippen LogP contribution is -2.47. The van der Waals surface area contributed by atoms with Gasteiger partial charge in [-0.3, -0.25) is 0 Å². The van der Waals surface area contributed by atoms with E-state index in [9.17, 15) is 9.90 Å². The van der Waals surface area contributed by atoms with Crippen molar-refractivity contribution in [3.05, 3.63) is 46.8 Å². The molecule has 1 aromatic heterocycles. The van der Waals surface area contributed by atoms with Crippen LogP contribution in [0.2, 0.25) is 0 Å². The number of rotatable bonds is 5. The molecule has 0 saturated carbocycles. The second kappa shape index (κ2) is 8.91. The van der Waals surface area contributed by atoms with Crippen LogP contribution in [-0.4, -0.2) is 65.8 Å². The van der Waals surface area contributed by atoms with E-state index >= 15 is 0 Å². The zero-order valence-electron chi connectivity index (χ0n) is 19.4. The topological polar surface area (TPSA) is 88.0 Å². The minimum absolute atomic E-state index is 0.264. The molecule has 8 nitrogen and oxygen atoms in total. The number of benzene rings is 1. The highest BCUT2D eigenvalue weighted by Gasteiger charge is 2.38. The normalized spacial score (nSPS) is 21.1. The van der Waals surface area contributed by atoms with E-state index in [0.717, 1.165) is 74.5 Å². The lowest BCUT2D eigenvalue weighted by atomic mass is 9.71. The fourth-order valence-electron chi connectivity index (χ4n) is 5.54. The molecule has 3 aliphatic rings. The molecule has 0 unspecified atom stereocenters. The summed E-state index contributed by atoms with van der Waals surface area (Å²) >= 11 is 0. The Bertz CT molecular complexity index is 1010. The highest BCUT2D eigenvalue weighted by Crippen LogP contribution is 2.42. The van der Waals surface area contributed by atoms with E-state index in [1.54, 1.807) is 25.6 Å². The average Bonchev–Trinajstić information content (AvgIpc) is 3.23. The van der Waals surface area contributed by atoms with Gasteiger partial charge >= 0.3 is 5.97 Å². The van der Waals surface area contributed by atoms with Gasteiger partial charge in [0.15, 0.2) is 5.75 Å². The fourth-order valence-corrected chi connectivity index (χ4v) is 5.54. The van der Waals surface area contributed by atoms with Crippen LogP contribution in [0.15, 0.2) is 24.5 Å². The first-order valence-corrected chi connectivity index (χ1v) is 11.8. The minimum atomic E-state index is -0.561. The fraction of sp³-hybridized carbons (Fsp3) is 0.560. The van der Waals surface area contributed by atoms with Crippen LogP contribution in [-0.2, 0) is 11.3 Å². The van der Waals surface area contributed by atoms with Crippen molar-refractivity contribution >= 4 is 11.9 Å². The van der Waals surface area contributed by atoms with Gasteiger partial charge in [-0.05, 0) is 68.3 Å². The monoisotopic (exact) mass is 452 g/mol. The Labute approximate surface area is 194 Å². The van der Waals surface area contributed by atoms with E-state index in [0.29, 0.717) is 29.9 Å². The Morgan fingerprint density at radius 3 is 2.45 bits per heavy atom. The van der Waals surface area contributed by atoms with E-state index in [1.165, 1.54) is 0 Å². The van der Waals surface area contributed by atoms with Crippen LogP contribution in [0.3, 0.4) is 0 Å². The number of piperidine rings is 2. The molecule has 8 heteroatoms. The van der Waals surface area contributed by atoms with Crippen molar-refractivity contribution < 1.29 is 19.4 Å². The van der Waals surface area contributed by atoms with Gasteiger partial charge in [0.2, 0.25) is 5.95 Å². The third kappa shape index (κ3) is 4.29. The number of aromatic nitrogens is 2. The molecule has 0 amide bonds. The van der Waals surface area contributed by atoms with Crippen LogP contribution in [0.25, 0.3) is 0 Å². The predicted octanol–water partition coefficient (Wildman–Crippen LogP) is 2.88. The molecule has 1 aromatic carbocycles. The quantitative estimate of drug-likeness (QED) is 0.693. The molecule has 1 spiro atoms. The number of anilines is 1. The van der Waals surface area contributed by atoms with Crippen LogP contribution in [0.5, 0.6) is 5.75 Å². The number of hydrogen-bond acceptors (Lipinski definition) is 8. The molecule has 4 heterocycles. The third-order valence-electron chi connectivity index (χ3n) is 7.87. The molecule has 5 rings (SSSR count). The summed E-state index contributed by atoms with van der Waals surface area (Å²) in [5.74, 6) is 1.20. The van der Waals surface area contributed by atoms with Gasteiger partial charge < -0.3 is 24.4 Å². The standard InChI is InChI=1S/C25H32N4O4/c1-17-19(3-4-20-21(17)16-33-23(20)31)22(30)15-28-9-5-25(6-10-28)7-11-29(12-8-25)24-26-13-18(32-2)14-27-24/h3-4,13-14,22,30H,5-12,15-16H2,1-2H3/t22-/m0/s1. The van der Waals surface area contributed by atoms with E-state index in [2.05, 4.69) is 19.8 Å². The highest BCUT2D eigenvalue weighted by molar-refractivity contribution is 5.93. The van der Waals surface area contributed by atoms with Crippen LogP contribution in [0.4, 0.5) is 5.95 Å². The Balaban J connectivity index is 1.14. The summed E-state index contributed by atoms with van der Waals surface area (Å²) in [7, 11) is 1.62. The maximum atomic E-state index is 11.8. The van der Waals surface area contributed by atoms with E-state index < -0.39 is 6.10 Å². The van der Waals surface area contributed by atoms with Crippen molar-refractivity contribution in [2.24, 2.45) is 5.41 Å². The second-order valence-corrected chi connectivity index (χ2v) is 9.61. The summed E-state index contributed by atoms with van der Waals surface area (Å²) in [5, 5.41) is 11.0. The molecule has 3 aliphatic heterocycles. The Morgan fingerprint density at radius 2 is 1.79 bits per heavy atom. The van der Waals surface area contributed by atoms with E-state index in [1.807, 2.05) is 13.0 Å². The maximum Gasteiger partial charge on any atom is 0.338 e. The number of cyclic esters (lactones) is 1. The van der Waals surface area contributed by atoms with E-state index in [4.69, 9.17) is 9.47 Å². The molecule has 33 heavy (non-hydrogen) atoms. The number of likely N-dealkylation sites (tertiary alicyclic amines) is 1. The summed E-state index contributed by atoms with van der Waals surface area (Å²) < 4.78 is 10.3. The molecule has 2 aromatic rings. The molecule has 2 fully saturated rings. The Morgan fingerprint density at radius 1 is 1.12 bits per heavy atom. The Hall–Kier alpha value is -2.71. The van der Waals surface area contributed by atoms with Crippen molar-refractivity contribution in [3.63, 3.8) is 0 Å². The van der Waals surface area contributed by atoms with Crippen molar-refractivity contribution in [1.82, 2.24) is 14.9 Å². The van der Waals surface area contributed by atoms with Gasteiger partial charge in [-0.2, -0.15) is 0 Å². The van der Waals surface area contributed by atoms with Crippen LogP contribution in [0.1, 0.15) is 58.8 Å². The van der Waals surface area contributed by atoms with Gasteiger partial charge in [0.05, 0.1) is 31.2 Å². The lowest BCUT2D eigenvalue weighted by Gasteiger charge is -2.47. The summed E-state index contributed by atoms with van der Waals surface area (Å²) in [5.41, 5.74) is 3.81. The van der Waals surface area contributed by atoms with Crippen LogP contribution in [0, 0.1) is 12.3 Å². The zero-order valence-corrected chi connectivity index (χ0v) is 19.4. The van der Waals surface area contributed by atoms with Gasteiger partial charge in [-0.1, -0.05) is 6.07 Å². The van der Waals surface area contributed by atoms with Crippen LogP contribution >= 0.6 is 0 Å². The molecule has 1 atom stereocenters. The number of carbonyl (C=O) groups is 1. The van der Waals surface area contributed by atoms with Crippen molar-refractivity contribution in [2.75, 3.05) is 44.7 Å². The molecule has 0 bridgehead atoms. The number of fused-ring (bicyclic) bond motifs is 1. The molecule has 2 saturated heterocycles. The SMILES string of the molecule is COc1cnc(N2CCC3(CCN(C[C@H](O)c4ccc5c(c4C)COC5=O)CC3)CC2)nc1. The molecular weight excluding hydrogens is 420 g/mol. The number of ether oxygens (including phenoxy) is 2. The summed E-state index contributed by atoms with van der Waals surface area (Å²) in [6.45, 7) is 6.87. The molecule has 0 radical (unpaired) electrons. The molecular formula is C25H32N4O4. The number of methoxy groups -OCH3 is 1. The number of carbonyl (C=O) groups excluding carboxylic acids is 1. The Kier molecular flexibility index (Phi) is 5.97. The van der Waals surface area contributed by atoms with Crippen molar-refractivity contribution in [1.29, 1.82) is 0 Å². The van der Waals surface area contributed by atoms with Crippen molar-refractivity contribution in [2.45, 2.75) is 45.3 Å². The molecule has 1 N–H and O–H groups in total. The second-order valence-electron chi connectivity index (χ2n) is 9.61. The summed E-state index contributed by atoms with van der Waals surface area (Å²) in [4.78, 5) is 25.3. The number of aliphatic hydroxyl groups is 1. The zero-order chi connectivity index (χ0) is 23.0. The van der Waals surface area contributed by atoms with Gasteiger partial charge in [0.25, 0.3) is 0 Å². The van der Waals surface area contributed by atoms with Gasteiger partial charge in [0.1, 0.15) is 6.61 Å². The number of esters is 1. The largest absolute Gasteiger partial charge is 0.494 e. The molecule has 176 valence electrons. The first-order valence-electron chi connectivity index (χ1n) is 11.8. The van der Waals surface area contributed by atoms with E-state index in [-0.39, 0.29) is 5.97 Å². The van der Waals surface area contributed by atoms with Gasteiger partial charge in [-0.25, -0.2) is 14.8 Å². The van der Waals surface area contributed by atoms with Crippen molar-refractivity contribution in [3.8, 4) is 5.75 Å². The van der Waals surface area contributed by atoms with Gasteiger partial charge in [-0.15, -0.1) is 0 Å². The predicted molar refractivity (Wildman–Crippen MR) is 123 cm³/mol. The number of β-amino-alcohol motifs (C(OH)–C–C–N with tert-alkyl or cyclic N) is 1. The first kappa shape index (κ1) is 22.1. The van der Waals surface area contributed by atoms with Gasteiger partial charge in [0, 0.05) is 25.2 Å². The number of aliphatic hydroxyl groups excluding tert-OH is 1. The highest BCUT2D eigenvalue weighted by atomic mass is 16.5. The number of nitrogens with zero attached hydrogens (tertiary/aromatic N) is 4. The first-order chi connectivity index (χ1) is 16.0. The third-order valence-corrected chi connectivity index (χ3v) is 7.87. The summed E-state index contributed by atoms with van der Waals surface area (Å²) in [6, 6.07) is 3.68. The number of hydrogen-bond donors (Lipinski definition) is 1. The average molecular weight is 453 g/mol. The lowest BCUT2D eigenvalue weighted by molar-refractivity contribution is 0.0446.